The number of urea groups is 1. The number of carbonyl (C=O) groups excluding carboxylic acids is 2. The van der Waals surface area contributed by atoms with E-state index < -0.39 is 6.04 Å². The number of rotatable bonds is 6. The predicted octanol–water partition coefficient (Wildman–Crippen LogP) is 1.69. The Morgan fingerprint density at radius 1 is 1.21 bits per heavy atom. The van der Waals surface area contributed by atoms with Crippen molar-refractivity contribution in [2.24, 2.45) is 11.7 Å². The predicted molar refractivity (Wildman–Crippen MR) is 93.8 cm³/mol. The van der Waals surface area contributed by atoms with Gasteiger partial charge in [0.05, 0.1) is 6.04 Å². The van der Waals surface area contributed by atoms with Gasteiger partial charge in [0.1, 0.15) is 0 Å². The van der Waals surface area contributed by atoms with Crippen molar-refractivity contribution in [3.8, 4) is 0 Å². The lowest BCUT2D eigenvalue weighted by Gasteiger charge is -2.26. The van der Waals surface area contributed by atoms with E-state index in [0.29, 0.717) is 31.1 Å². The Balaban J connectivity index is 1.85. The van der Waals surface area contributed by atoms with Crippen molar-refractivity contribution in [1.82, 2.24) is 5.32 Å². The largest absolute Gasteiger partial charge is 0.381 e. The molecule has 1 aliphatic rings. The van der Waals surface area contributed by atoms with Crippen molar-refractivity contribution >= 4 is 23.3 Å². The van der Waals surface area contributed by atoms with Gasteiger partial charge in [0.2, 0.25) is 5.91 Å². The minimum atomic E-state index is -0.545. The van der Waals surface area contributed by atoms with Gasteiger partial charge in [-0.1, -0.05) is 6.08 Å². The van der Waals surface area contributed by atoms with Crippen molar-refractivity contribution in [2.75, 3.05) is 30.4 Å². The molecule has 1 atom stereocenters. The number of anilines is 2. The topological polar surface area (TPSA) is 105 Å². The molecule has 7 nitrogen and oxygen atoms in total. The first kappa shape index (κ1) is 18.0. The van der Waals surface area contributed by atoms with Crippen LogP contribution in [0.3, 0.4) is 0 Å². The van der Waals surface area contributed by atoms with Crippen molar-refractivity contribution in [1.29, 1.82) is 0 Å². The number of carbonyl (C=O) groups is 2. The van der Waals surface area contributed by atoms with E-state index >= 15 is 0 Å². The Bertz CT molecular complexity index is 568. The molecule has 1 aromatic carbocycles. The molecule has 1 heterocycles. The van der Waals surface area contributed by atoms with Crippen molar-refractivity contribution in [3.63, 3.8) is 0 Å². The average Bonchev–Trinajstić information content (AvgIpc) is 2.61. The van der Waals surface area contributed by atoms with Gasteiger partial charge in [-0.25, -0.2) is 4.79 Å². The molecule has 3 amide bonds. The third-order valence-electron chi connectivity index (χ3n) is 3.89. The lowest BCUT2D eigenvalue weighted by Crippen LogP contribution is -2.43. The summed E-state index contributed by atoms with van der Waals surface area (Å²) in [4.78, 5) is 23.8. The highest BCUT2D eigenvalue weighted by molar-refractivity contribution is 5.95. The van der Waals surface area contributed by atoms with Gasteiger partial charge in [0.15, 0.2) is 0 Å². The van der Waals surface area contributed by atoms with Crippen molar-refractivity contribution in [2.45, 2.75) is 18.9 Å². The average molecular weight is 332 g/mol. The number of nitrogens with one attached hydrogen (secondary N) is 3. The minimum absolute atomic E-state index is 0.147. The molecule has 0 bridgehead atoms. The van der Waals surface area contributed by atoms with Crippen molar-refractivity contribution in [3.05, 3.63) is 36.9 Å². The number of amides is 3. The van der Waals surface area contributed by atoms with E-state index in [-0.39, 0.29) is 17.9 Å². The summed E-state index contributed by atoms with van der Waals surface area (Å²) < 4.78 is 5.28. The van der Waals surface area contributed by atoms with Crippen LogP contribution >= 0.6 is 0 Å². The molecule has 130 valence electrons. The first-order chi connectivity index (χ1) is 11.6. The summed E-state index contributed by atoms with van der Waals surface area (Å²) in [5, 5.41) is 8.10. The maximum Gasteiger partial charge on any atom is 0.319 e. The second-order valence-electron chi connectivity index (χ2n) is 5.67. The summed E-state index contributed by atoms with van der Waals surface area (Å²) in [7, 11) is 0. The summed E-state index contributed by atoms with van der Waals surface area (Å²) in [6, 6.07) is 6.01. The van der Waals surface area contributed by atoms with Gasteiger partial charge in [-0.05, 0) is 43.0 Å². The lowest BCUT2D eigenvalue weighted by molar-refractivity contribution is -0.119. The molecule has 0 aromatic heterocycles. The van der Waals surface area contributed by atoms with E-state index in [0.717, 1.165) is 12.8 Å². The number of hydrogen-bond acceptors (Lipinski definition) is 4. The maximum atomic E-state index is 12.2. The normalized spacial score (nSPS) is 16.0. The van der Waals surface area contributed by atoms with Crippen molar-refractivity contribution < 1.29 is 14.3 Å². The molecule has 5 N–H and O–H groups in total. The molecular weight excluding hydrogens is 308 g/mol. The van der Waals surface area contributed by atoms with Gasteiger partial charge in [-0.3, -0.25) is 4.79 Å². The molecule has 0 spiro atoms. The van der Waals surface area contributed by atoms with Crippen LogP contribution in [0.5, 0.6) is 0 Å². The minimum Gasteiger partial charge on any atom is -0.381 e. The molecule has 24 heavy (non-hydrogen) atoms. The van der Waals surface area contributed by atoms with Crippen LogP contribution in [0.4, 0.5) is 16.2 Å². The van der Waals surface area contributed by atoms with Crippen LogP contribution in [0.1, 0.15) is 12.8 Å². The van der Waals surface area contributed by atoms with Crippen LogP contribution in [0.15, 0.2) is 36.9 Å². The monoisotopic (exact) mass is 332 g/mol. The van der Waals surface area contributed by atoms with Gasteiger partial charge >= 0.3 is 6.03 Å². The number of benzene rings is 1. The quantitative estimate of drug-likeness (QED) is 0.595. The molecule has 1 aromatic rings. The van der Waals surface area contributed by atoms with E-state index in [9.17, 15) is 9.59 Å². The van der Waals surface area contributed by atoms with Gasteiger partial charge in [-0.15, -0.1) is 6.58 Å². The number of nitrogens with two attached hydrogens (primary N) is 1. The fourth-order valence-electron chi connectivity index (χ4n) is 2.49. The van der Waals surface area contributed by atoms with Gasteiger partial charge < -0.3 is 26.4 Å². The summed E-state index contributed by atoms with van der Waals surface area (Å²) in [6.45, 7) is 5.23. The zero-order chi connectivity index (χ0) is 17.4. The smallest absolute Gasteiger partial charge is 0.319 e. The molecule has 1 fully saturated rings. The standard InChI is InChI=1S/C17H24N4O3/c1-2-9-19-17(23)21-14-5-3-13(4-6-14)20-16(22)15(18)12-7-10-24-11-8-12/h2-6,12,15H,1,7-11,18H2,(H,20,22)(H2,19,21,23). The zero-order valence-electron chi connectivity index (χ0n) is 13.6. The first-order valence-corrected chi connectivity index (χ1v) is 8.00. The summed E-state index contributed by atoms with van der Waals surface area (Å²) >= 11 is 0. The third-order valence-corrected chi connectivity index (χ3v) is 3.89. The molecular formula is C17H24N4O3. The fraction of sp³-hybridized carbons (Fsp3) is 0.412. The molecule has 1 unspecified atom stereocenters. The Morgan fingerprint density at radius 3 is 2.38 bits per heavy atom. The van der Waals surface area contributed by atoms with Crippen LogP contribution in [0.2, 0.25) is 0 Å². The molecule has 2 rings (SSSR count). The Hall–Kier alpha value is -2.38. The van der Waals surface area contributed by atoms with E-state index in [1.807, 2.05) is 0 Å². The first-order valence-electron chi connectivity index (χ1n) is 8.00. The Labute approximate surface area is 141 Å². The molecule has 1 saturated heterocycles. The Kier molecular flexibility index (Phi) is 6.77. The number of hydrogen-bond donors (Lipinski definition) is 4. The molecule has 0 saturated carbocycles. The highest BCUT2D eigenvalue weighted by atomic mass is 16.5. The van der Waals surface area contributed by atoms with Crippen LogP contribution in [0.25, 0.3) is 0 Å². The van der Waals surface area contributed by atoms with Crippen LogP contribution in [-0.4, -0.2) is 37.7 Å². The van der Waals surface area contributed by atoms with Crippen LogP contribution in [0, 0.1) is 5.92 Å². The molecule has 7 heteroatoms. The van der Waals surface area contributed by atoms with Gasteiger partial charge in [-0.2, -0.15) is 0 Å². The van der Waals surface area contributed by atoms with E-state index in [1.54, 1.807) is 30.3 Å². The van der Waals surface area contributed by atoms with E-state index in [2.05, 4.69) is 22.5 Å². The second kappa shape index (κ2) is 9.05. The number of ether oxygens (including phenoxy) is 1. The highest BCUT2D eigenvalue weighted by Gasteiger charge is 2.26. The summed E-state index contributed by atoms with van der Waals surface area (Å²) in [5.74, 6) is -0.0559. The van der Waals surface area contributed by atoms with Crippen LogP contribution in [-0.2, 0) is 9.53 Å². The molecule has 0 radical (unpaired) electrons. The third kappa shape index (κ3) is 5.36. The van der Waals surface area contributed by atoms with E-state index in [4.69, 9.17) is 10.5 Å². The lowest BCUT2D eigenvalue weighted by atomic mass is 9.92. The van der Waals surface area contributed by atoms with Gasteiger partial charge in [0, 0.05) is 31.1 Å². The molecule has 1 aliphatic heterocycles. The fourth-order valence-corrected chi connectivity index (χ4v) is 2.49. The molecule has 0 aliphatic carbocycles. The second-order valence-corrected chi connectivity index (χ2v) is 5.67. The SMILES string of the molecule is C=CCNC(=O)Nc1ccc(NC(=O)C(N)C2CCOCC2)cc1. The Morgan fingerprint density at radius 2 is 1.79 bits per heavy atom. The summed E-state index contributed by atoms with van der Waals surface area (Å²) in [6.07, 6.45) is 3.20. The highest BCUT2D eigenvalue weighted by Crippen LogP contribution is 2.19. The zero-order valence-corrected chi connectivity index (χ0v) is 13.6. The van der Waals surface area contributed by atoms with E-state index in [1.165, 1.54) is 0 Å². The maximum absolute atomic E-state index is 12.2. The van der Waals surface area contributed by atoms with Gasteiger partial charge in [0.25, 0.3) is 0 Å². The van der Waals surface area contributed by atoms with Crippen LogP contribution < -0.4 is 21.7 Å². The summed E-state index contributed by atoms with van der Waals surface area (Å²) in [5.41, 5.74) is 7.31.